The minimum absolute atomic E-state index is 0.155. The number of rotatable bonds is 5. The van der Waals surface area contributed by atoms with Crippen molar-refractivity contribution in [1.29, 1.82) is 0 Å². The van der Waals surface area contributed by atoms with Gasteiger partial charge in [0.15, 0.2) is 0 Å². The van der Waals surface area contributed by atoms with Gasteiger partial charge in [-0.25, -0.2) is 8.42 Å². The first-order valence-electron chi connectivity index (χ1n) is 14.4. The van der Waals surface area contributed by atoms with Crippen LogP contribution in [0.25, 0.3) is 0 Å². The lowest BCUT2D eigenvalue weighted by Crippen LogP contribution is -2.46. The molecule has 6 rings (SSSR count). The molecule has 0 N–H and O–H groups in total. The zero-order chi connectivity index (χ0) is 26.3. The SMILES string of the molecule is C[C@H]1CCCN1C1CCN(c2ccc(N3CCC4(CCN(S(=O)(=O)c5ccccc5)CC4)C3=O)cc2)CC1. The molecule has 4 aliphatic rings. The van der Waals surface area contributed by atoms with Crippen molar-refractivity contribution in [2.45, 2.75) is 68.8 Å². The highest BCUT2D eigenvalue weighted by molar-refractivity contribution is 7.89. The number of nitrogens with zero attached hydrogens (tertiary/aromatic N) is 4. The van der Waals surface area contributed by atoms with E-state index < -0.39 is 15.4 Å². The van der Waals surface area contributed by atoms with Crippen molar-refractivity contribution >= 4 is 27.3 Å². The Morgan fingerprint density at radius 3 is 2.03 bits per heavy atom. The Bertz CT molecular complexity index is 1230. The summed E-state index contributed by atoms with van der Waals surface area (Å²) < 4.78 is 27.6. The molecule has 0 aromatic heterocycles. The van der Waals surface area contributed by atoms with Crippen molar-refractivity contribution < 1.29 is 13.2 Å². The summed E-state index contributed by atoms with van der Waals surface area (Å²) in [6.45, 7) is 7.28. The van der Waals surface area contributed by atoms with Crippen LogP contribution < -0.4 is 9.80 Å². The molecular formula is C30H40N4O3S. The van der Waals surface area contributed by atoms with E-state index in [4.69, 9.17) is 0 Å². The zero-order valence-electron chi connectivity index (χ0n) is 22.5. The van der Waals surface area contributed by atoms with Gasteiger partial charge in [0.2, 0.25) is 15.9 Å². The second kappa shape index (κ2) is 10.3. The quantitative estimate of drug-likeness (QED) is 0.569. The number of carbonyl (C=O) groups excluding carboxylic acids is 1. The van der Waals surface area contributed by atoms with Crippen LogP contribution in [-0.2, 0) is 14.8 Å². The summed E-state index contributed by atoms with van der Waals surface area (Å²) in [5, 5.41) is 0. The minimum Gasteiger partial charge on any atom is -0.371 e. The van der Waals surface area contributed by atoms with Crippen LogP contribution in [0.4, 0.5) is 11.4 Å². The van der Waals surface area contributed by atoms with Gasteiger partial charge in [0.1, 0.15) is 0 Å². The molecule has 2 aromatic carbocycles. The second-order valence-electron chi connectivity index (χ2n) is 11.7. The Hall–Kier alpha value is -2.42. The monoisotopic (exact) mass is 536 g/mol. The van der Waals surface area contributed by atoms with Gasteiger partial charge in [-0.2, -0.15) is 4.31 Å². The highest BCUT2D eigenvalue weighted by atomic mass is 32.2. The van der Waals surface area contributed by atoms with Gasteiger partial charge >= 0.3 is 0 Å². The average molecular weight is 537 g/mol. The standard InChI is InChI=1S/C30H40N4O3S/c1-24-6-5-18-33(24)27-13-19-31(20-14-27)25-9-11-26(12-10-25)34-23-17-30(29(34)35)15-21-32(22-16-30)38(36,37)28-7-3-2-4-8-28/h2-4,7-12,24,27H,5-6,13-23H2,1H3/t24-/m0/s1. The van der Waals surface area contributed by atoms with E-state index in [0.717, 1.165) is 37.3 Å². The lowest BCUT2D eigenvalue weighted by molar-refractivity contribution is -0.127. The van der Waals surface area contributed by atoms with E-state index in [-0.39, 0.29) is 5.91 Å². The third kappa shape index (κ3) is 4.65. The molecular weight excluding hydrogens is 496 g/mol. The molecule has 38 heavy (non-hydrogen) atoms. The normalized spacial score (nSPS) is 25.5. The van der Waals surface area contributed by atoms with Crippen LogP contribution in [0.5, 0.6) is 0 Å². The lowest BCUT2D eigenvalue weighted by Gasteiger charge is -2.39. The lowest BCUT2D eigenvalue weighted by atomic mass is 9.77. The summed E-state index contributed by atoms with van der Waals surface area (Å²) in [6.07, 6.45) is 7.06. The molecule has 0 saturated carbocycles. The maximum absolute atomic E-state index is 13.6. The minimum atomic E-state index is -3.52. The van der Waals surface area contributed by atoms with E-state index in [9.17, 15) is 13.2 Å². The highest BCUT2D eigenvalue weighted by Gasteiger charge is 2.49. The molecule has 4 heterocycles. The molecule has 1 amide bonds. The summed E-state index contributed by atoms with van der Waals surface area (Å²) in [6, 6.07) is 18.6. The molecule has 1 atom stereocenters. The molecule has 0 bridgehead atoms. The zero-order valence-corrected chi connectivity index (χ0v) is 23.3. The molecule has 0 aliphatic carbocycles. The number of anilines is 2. The van der Waals surface area contributed by atoms with Gasteiger partial charge in [0.25, 0.3) is 0 Å². The van der Waals surface area contributed by atoms with Crippen molar-refractivity contribution in [2.75, 3.05) is 49.1 Å². The van der Waals surface area contributed by atoms with E-state index >= 15 is 0 Å². The third-order valence-electron chi connectivity index (χ3n) is 9.64. The van der Waals surface area contributed by atoms with Crippen molar-refractivity contribution in [3.05, 3.63) is 54.6 Å². The van der Waals surface area contributed by atoms with E-state index in [1.807, 2.05) is 11.0 Å². The molecule has 4 aliphatic heterocycles. The van der Waals surface area contributed by atoms with Crippen molar-refractivity contribution in [3.63, 3.8) is 0 Å². The first-order valence-corrected chi connectivity index (χ1v) is 15.8. The maximum Gasteiger partial charge on any atom is 0.243 e. The largest absolute Gasteiger partial charge is 0.371 e. The number of hydrogen-bond donors (Lipinski definition) is 0. The molecule has 0 unspecified atom stereocenters. The van der Waals surface area contributed by atoms with Crippen molar-refractivity contribution in [1.82, 2.24) is 9.21 Å². The number of piperidine rings is 2. The van der Waals surface area contributed by atoms with Crippen molar-refractivity contribution in [3.8, 4) is 0 Å². The summed E-state index contributed by atoms with van der Waals surface area (Å²) in [5.41, 5.74) is 1.74. The Morgan fingerprint density at radius 1 is 0.763 bits per heavy atom. The van der Waals surface area contributed by atoms with Crippen LogP contribution >= 0.6 is 0 Å². The first-order chi connectivity index (χ1) is 18.4. The van der Waals surface area contributed by atoms with E-state index in [1.165, 1.54) is 37.9 Å². The number of sulfonamides is 1. The van der Waals surface area contributed by atoms with Crippen LogP contribution in [0, 0.1) is 5.41 Å². The van der Waals surface area contributed by atoms with Crippen LogP contribution in [0.2, 0.25) is 0 Å². The fraction of sp³-hybridized carbons (Fsp3) is 0.567. The summed E-state index contributed by atoms with van der Waals surface area (Å²) in [5.74, 6) is 0.155. The molecule has 0 radical (unpaired) electrons. The summed E-state index contributed by atoms with van der Waals surface area (Å²) >= 11 is 0. The van der Waals surface area contributed by atoms with E-state index in [0.29, 0.717) is 37.4 Å². The highest BCUT2D eigenvalue weighted by Crippen LogP contribution is 2.44. The fourth-order valence-electron chi connectivity index (χ4n) is 7.22. The molecule has 7 nitrogen and oxygen atoms in total. The smallest absolute Gasteiger partial charge is 0.243 e. The maximum atomic E-state index is 13.6. The van der Waals surface area contributed by atoms with Gasteiger partial charge in [-0.1, -0.05) is 18.2 Å². The van der Waals surface area contributed by atoms with Gasteiger partial charge in [-0.3, -0.25) is 9.69 Å². The first kappa shape index (κ1) is 25.8. The van der Waals surface area contributed by atoms with Gasteiger partial charge in [-0.05, 0) is 94.8 Å². The predicted molar refractivity (Wildman–Crippen MR) is 151 cm³/mol. The van der Waals surface area contributed by atoms with Crippen LogP contribution in [0.1, 0.15) is 51.9 Å². The van der Waals surface area contributed by atoms with E-state index in [1.54, 1.807) is 28.6 Å². The topological polar surface area (TPSA) is 64.2 Å². The number of benzene rings is 2. The molecule has 4 fully saturated rings. The number of likely N-dealkylation sites (tertiary alicyclic amines) is 1. The van der Waals surface area contributed by atoms with Crippen molar-refractivity contribution in [2.24, 2.45) is 5.41 Å². The summed E-state index contributed by atoms with van der Waals surface area (Å²) in [4.78, 5) is 21.1. The van der Waals surface area contributed by atoms with E-state index in [2.05, 4.69) is 41.0 Å². The average Bonchev–Trinajstić information content (AvgIpc) is 3.52. The third-order valence-corrected chi connectivity index (χ3v) is 11.6. The van der Waals surface area contributed by atoms with Gasteiger partial charge in [-0.15, -0.1) is 0 Å². The number of carbonyl (C=O) groups is 1. The Labute approximate surface area is 227 Å². The van der Waals surface area contributed by atoms with Crippen LogP contribution in [0.3, 0.4) is 0 Å². The molecule has 2 aromatic rings. The van der Waals surface area contributed by atoms with Crippen LogP contribution in [-0.4, -0.2) is 74.9 Å². The molecule has 1 spiro atoms. The molecule has 204 valence electrons. The number of amides is 1. The Balaban J connectivity index is 1.06. The van der Waals surface area contributed by atoms with Gasteiger partial charge < -0.3 is 9.80 Å². The van der Waals surface area contributed by atoms with Gasteiger partial charge in [0.05, 0.1) is 10.3 Å². The fourth-order valence-corrected chi connectivity index (χ4v) is 8.69. The second-order valence-corrected chi connectivity index (χ2v) is 13.6. The van der Waals surface area contributed by atoms with Crippen LogP contribution in [0.15, 0.2) is 59.5 Å². The van der Waals surface area contributed by atoms with Gasteiger partial charge in [0, 0.05) is 56.2 Å². The number of hydrogen-bond acceptors (Lipinski definition) is 5. The predicted octanol–water partition coefficient (Wildman–Crippen LogP) is 4.35. The Morgan fingerprint density at radius 2 is 1.39 bits per heavy atom. The Kier molecular flexibility index (Phi) is 6.99. The molecule has 4 saturated heterocycles. The molecule has 8 heteroatoms. The summed E-state index contributed by atoms with van der Waals surface area (Å²) in [7, 11) is -3.52.